The molecule has 4 heterocycles. The third-order valence-electron chi connectivity index (χ3n) is 20.5. The second kappa shape index (κ2) is 27.9. The monoisotopic (exact) mass is 1350 g/mol. The molecule has 103 heavy (non-hydrogen) atoms. The number of pyridine rings is 2. The number of benzene rings is 12. The van der Waals surface area contributed by atoms with Gasteiger partial charge in [-0.25, -0.2) is 9.97 Å². The number of rotatable bonds is 18. The van der Waals surface area contributed by atoms with Gasteiger partial charge in [0.15, 0.2) is 0 Å². The lowest BCUT2D eigenvalue weighted by atomic mass is 9.90. The zero-order valence-corrected chi connectivity index (χ0v) is 57.7. The predicted molar refractivity (Wildman–Crippen MR) is 433 cm³/mol. The van der Waals surface area contributed by atoms with E-state index in [1.54, 1.807) is 0 Å². The fourth-order valence-corrected chi connectivity index (χ4v) is 16.9. The number of anilines is 12. The average Bonchev–Trinajstić information content (AvgIpc) is 1.60. The summed E-state index contributed by atoms with van der Waals surface area (Å²) in [6.45, 7) is 0. The molecule has 2 aliphatic rings. The smallest absolute Gasteiger partial charge is 0.137 e. The van der Waals surface area contributed by atoms with Crippen LogP contribution in [0.3, 0.4) is 0 Å². The van der Waals surface area contributed by atoms with Crippen molar-refractivity contribution >= 4 is 124 Å². The molecular weight excluding hydrogens is 1270 g/mol. The lowest BCUT2D eigenvalue weighted by Gasteiger charge is -2.28. The van der Waals surface area contributed by atoms with Crippen molar-refractivity contribution in [1.29, 1.82) is 0 Å². The number of nitrogens with zero attached hydrogens (tertiary/aromatic N) is 8. The zero-order valence-electron chi connectivity index (χ0n) is 56.9. The van der Waals surface area contributed by atoms with Crippen LogP contribution in [0.15, 0.2) is 376 Å². The van der Waals surface area contributed by atoms with Crippen molar-refractivity contribution in [3.8, 4) is 11.6 Å². The lowest BCUT2D eigenvalue weighted by Crippen LogP contribution is -2.16. The quantitative estimate of drug-likeness (QED) is 0.0794. The average molecular weight is 1350 g/mol. The molecule has 4 atom stereocenters. The fraction of sp³-hybridized carbons (Fsp3) is 0.0851. The van der Waals surface area contributed by atoms with Gasteiger partial charge in [-0.05, 0) is 219 Å². The van der Waals surface area contributed by atoms with Gasteiger partial charge >= 0.3 is 0 Å². The maximum atomic E-state index is 5.32. The van der Waals surface area contributed by atoms with Crippen LogP contribution in [0.25, 0.3) is 55.2 Å². The number of allylic oxidation sites excluding steroid dienone is 2. The molecule has 8 nitrogen and oxygen atoms in total. The summed E-state index contributed by atoms with van der Waals surface area (Å²) in [6.07, 6.45) is 18.5. The normalized spacial score (nSPS) is 15.8. The highest BCUT2D eigenvalue weighted by Gasteiger charge is 2.27. The van der Waals surface area contributed by atoms with E-state index in [9.17, 15) is 0 Å². The van der Waals surface area contributed by atoms with E-state index >= 15 is 0 Å². The van der Waals surface area contributed by atoms with E-state index in [4.69, 9.17) is 9.97 Å². The minimum atomic E-state index is 0.305. The molecule has 12 aromatic carbocycles. The number of fused-ring (bicyclic) bond motifs is 6. The zero-order chi connectivity index (χ0) is 68.4. The molecule has 0 amide bonds. The summed E-state index contributed by atoms with van der Waals surface area (Å²) in [5.41, 5.74) is 20.0. The molecule has 0 N–H and O–H groups in total. The first-order valence-electron chi connectivity index (χ1n) is 35.8. The Kier molecular flexibility index (Phi) is 17.0. The molecule has 0 bridgehead atoms. The molecule has 16 aromatic rings. The second-order valence-electron chi connectivity index (χ2n) is 26.8. The standard InChI is InChI=1S/C94H74N8S/c1-9-25-71(26-10-1)97(72-27-11-2-12-28-72)79-47-55-89-85(61-79)86-62-80(98(73-29-13-3-14-30-73)74-31-15-4-16-32-74)48-56-90(86)101(89)93-59-45-69(65-95-93)67-41-51-83(52-42-67)103-84-53-43-68(44-54-84)70-46-60-94(96-66-70)102-91-57-49-81(99(75-33-17-5-18-34-75)76-35-19-6-20-36-76)63-87(91)88-64-82(50-58-92(88)102)100(77-37-21-7-22-38-77)78-39-23-8-24-40-78/h1-41,43,45-51,53,55-68,83-84H,42,44,52,54H2. The lowest BCUT2D eigenvalue weighted by molar-refractivity contribution is 0.645. The van der Waals surface area contributed by atoms with E-state index < -0.39 is 0 Å². The number of aromatic nitrogens is 4. The van der Waals surface area contributed by atoms with Gasteiger partial charge in [0.05, 0.1) is 22.1 Å². The minimum Gasteiger partial charge on any atom is -0.310 e. The van der Waals surface area contributed by atoms with Crippen molar-refractivity contribution in [2.75, 3.05) is 19.6 Å². The highest BCUT2D eigenvalue weighted by molar-refractivity contribution is 8.00. The van der Waals surface area contributed by atoms with Gasteiger partial charge in [-0.15, -0.1) is 11.8 Å². The molecular formula is C94H74N8S. The summed E-state index contributed by atoms with van der Waals surface area (Å²) in [5.74, 6) is 2.41. The molecule has 2 aliphatic carbocycles. The molecule has 496 valence electrons. The van der Waals surface area contributed by atoms with Crippen LogP contribution in [-0.4, -0.2) is 29.6 Å². The second-order valence-corrected chi connectivity index (χ2v) is 28.2. The van der Waals surface area contributed by atoms with Gasteiger partial charge in [-0.2, -0.15) is 0 Å². The van der Waals surface area contributed by atoms with Crippen molar-refractivity contribution in [2.45, 2.75) is 48.0 Å². The highest BCUT2D eigenvalue weighted by atomic mass is 32.2. The van der Waals surface area contributed by atoms with E-state index in [0.717, 1.165) is 149 Å². The highest BCUT2D eigenvalue weighted by Crippen LogP contribution is 2.47. The third kappa shape index (κ3) is 12.4. The molecule has 9 heteroatoms. The predicted octanol–water partition coefficient (Wildman–Crippen LogP) is 25.6. The van der Waals surface area contributed by atoms with Gasteiger partial charge in [0.2, 0.25) is 0 Å². The van der Waals surface area contributed by atoms with E-state index in [-0.39, 0.29) is 0 Å². The molecule has 0 aliphatic heterocycles. The first kappa shape index (κ1) is 62.8. The molecule has 0 fully saturated rings. The summed E-state index contributed by atoms with van der Waals surface area (Å²) in [5, 5.41) is 5.52. The number of para-hydroxylation sites is 8. The van der Waals surface area contributed by atoms with Gasteiger partial charge in [-0.3, -0.25) is 9.13 Å². The Labute approximate surface area is 605 Å². The Bertz CT molecular complexity index is 4890. The Hall–Kier alpha value is -12.4. The first-order chi connectivity index (χ1) is 51.1. The van der Waals surface area contributed by atoms with Crippen LogP contribution in [-0.2, 0) is 0 Å². The third-order valence-corrected chi connectivity index (χ3v) is 21.9. The Morgan fingerprint density at radius 2 is 0.485 bits per heavy atom. The van der Waals surface area contributed by atoms with Gasteiger partial charge in [-0.1, -0.05) is 182 Å². The largest absolute Gasteiger partial charge is 0.310 e. The molecule has 4 unspecified atom stereocenters. The molecule has 0 saturated heterocycles. The van der Waals surface area contributed by atoms with Crippen molar-refractivity contribution in [3.05, 3.63) is 388 Å². The van der Waals surface area contributed by atoms with Crippen molar-refractivity contribution in [1.82, 2.24) is 19.1 Å². The minimum absolute atomic E-state index is 0.305. The Morgan fingerprint density at radius 1 is 0.243 bits per heavy atom. The van der Waals surface area contributed by atoms with Crippen molar-refractivity contribution in [3.63, 3.8) is 0 Å². The molecule has 18 rings (SSSR count). The fourth-order valence-electron chi connectivity index (χ4n) is 15.5. The van der Waals surface area contributed by atoms with Crippen molar-refractivity contribution in [2.24, 2.45) is 0 Å². The van der Waals surface area contributed by atoms with E-state index in [0.29, 0.717) is 22.3 Å². The number of hydrogen-bond donors (Lipinski definition) is 0. The summed E-state index contributed by atoms with van der Waals surface area (Å²) < 4.78 is 4.70. The molecule has 0 saturated carbocycles. The van der Waals surface area contributed by atoms with Gasteiger partial charge in [0, 0.05) is 125 Å². The van der Waals surface area contributed by atoms with Gasteiger partial charge < -0.3 is 19.6 Å². The van der Waals surface area contributed by atoms with E-state index in [1.807, 2.05) is 0 Å². The SMILES string of the molecule is C1=CC(c2ccc(-n3c4ccc(N(c5ccccc5)c5ccccc5)cc4c4cc(N(c5ccccc5)c5ccccc5)ccc43)nc2)CCC1SC1C=CC(c2ccc(-n3c4ccc(N(c5ccccc5)c5ccccc5)cc4c4cc(N(c5ccccc5)c5ccccc5)ccc43)nc2)CC1. The van der Waals surface area contributed by atoms with E-state index in [2.05, 4.69) is 417 Å². The molecule has 0 spiro atoms. The maximum absolute atomic E-state index is 5.32. The van der Waals surface area contributed by atoms with Crippen LogP contribution in [0.4, 0.5) is 68.2 Å². The number of hydrogen-bond acceptors (Lipinski definition) is 7. The summed E-state index contributed by atoms with van der Waals surface area (Å²) in [6, 6.07) is 122. The summed E-state index contributed by atoms with van der Waals surface area (Å²) in [7, 11) is 0. The van der Waals surface area contributed by atoms with Crippen LogP contribution in [0.5, 0.6) is 0 Å². The van der Waals surface area contributed by atoms with Crippen LogP contribution in [0.1, 0.15) is 48.6 Å². The first-order valence-corrected chi connectivity index (χ1v) is 36.7. The van der Waals surface area contributed by atoms with Gasteiger partial charge in [0.1, 0.15) is 11.6 Å². The molecule has 4 aromatic heterocycles. The topological polar surface area (TPSA) is 48.6 Å². The van der Waals surface area contributed by atoms with Crippen LogP contribution < -0.4 is 19.6 Å². The summed E-state index contributed by atoms with van der Waals surface area (Å²) >= 11 is 2.12. The van der Waals surface area contributed by atoms with E-state index in [1.165, 1.54) is 11.1 Å². The van der Waals surface area contributed by atoms with Crippen LogP contribution in [0, 0.1) is 0 Å². The maximum Gasteiger partial charge on any atom is 0.137 e. The number of thioether (sulfide) groups is 1. The van der Waals surface area contributed by atoms with Crippen LogP contribution in [0.2, 0.25) is 0 Å². The van der Waals surface area contributed by atoms with Crippen LogP contribution >= 0.6 is 11.8 Å². The Morgan fingerprint density at radius 3 is 0.689 bits per heavy atom. The van der Waals surface area contributed by atoms with Gasteiger partial charge in [0.25, 0.3) is 0 Å². The summed E-state index contributed by atoms with van der Waals surface area (Å²) in [4.78, 5) is 20.0. The Balaban J connectivity index is 0.600. The van der Waals surface area contributed by atoms with Crippen molar-refractivity contribution < 1.29 is 0 Å². The molecule has 0 radical (unpaired) electrons.